The summed E-state index contributed by atoms with van der Waals surface area (Å²) in [5.74, 6) is 0.327. The third-order valence-electron chi connectivity index (χ3n) is 6.22. The first-order valence-electron chi connectivity index (χ1n) is 13.8. The largest absolute Gasteiger partial charge is 0.397 e. The van der Waals surface area contributed by atoms with Crippen molar-refractivity contribution in [2.24, 2.45) is 0 Å². The van der Waals surface area contributed by atoms with Gasteiger partial charge in [0, 0.05) is 19.5 Å². The SMILES string of the molecule is CCCCCCC(CCCCCCCCCCC(=O)N(CCCC)CCCC)OS(=O)(=O)O. The predicted molar refractivity (Wildman–Crippen MR) is 138 cm³/mol. The lowest BCUT2D eigenvalue weighted by Crippen LogP contribution is -2.32. The smallest absolute Gasteiger partial charge is 0.343 e. The maximum atomic E-state index is 12.5. The van der Waals surface area contributed by atoms with Crippen LogP contribution in [0.2, 0.25) is 0 Å². The van der Waals surface area contributed by atoms with Gasteiger partial charge in [0.2, 0.25) is 5.91 Å². The first kappa shape index (κ1) is 32.3. The van der Waals surface area contributed by atoms with Gasteiger partial charge >= 0.3 is 10.4 Å². The van der Waals surface area contributed by atoms with Crippen LogP contribution < -0.4 is 0 Å². The highest BCUT2D eigenvalue weighted by Gasteiger charge is 2.16. The molecule has 0 spiro atoms. The minimum atomic E-state index is -4.37. The lowest BCUT2D eigenvalue weighted by atomic mass is 10.0. The molecule has 33 heavy (non-hydrogen) atoms. The maximum Gasteiger partial charge on any atom is 0.397 e. The molecule has 1 atom stereocenters. The molecule has 0 fully saturated rings. The molecule has 0 bridgehead atoms. The molecule has 0 heterocycles. The van der Waals surface area contributed by atoms with Crippen molar-refractivity contribution in [3.05, 3.63) is 0 Å². The Balaban J connectivity index is 3.85. The maximum absolute atomic E-state index is 12.5. The van der Waals surface area contributed by atoms with Crippen molar-refractivity contribution in [2.45, 2.75) is 149 Å². The second-order valence-corrected chi connectivity index (χ2v) is 10.5. The first-order chi connectivity index (χ1) is 15.8. The fourth-order valence-electron chi connectivity index (χ4n) is 4.14. The highest BCUT2D eigenvalue weighted by Crippen LogP contribution is 2.18. The molecule has 0 radical (unpaired) electrons. The number of rotatable bonds is 24. The molecule has 1 unspecified atom stereocenters. The Morgan fingerprint density at radius 1 is 0.697 bits per heavy atom. The minimum absolute atomic E-state index is 0.327. The third kappa shape index (κ3) is 21.6. The van der Waals surface area contributed by atoms with Crippen molar-refractivity contribution in [1.29, 1.82) is 0 Å². The van der Waals surface area contributed by atoms with Gasteiger partial charge in [-0.15, -0.1) is 0 Å². The van der Waals surface area contributed by atoms with E-state index in [0.717, 1.165) is 96.6 Å². The van der Waals surface area contributed by atoms with E-state index in [2.05, 4.69) is 25.7 Å². The zero-order valence-electron chi connectivity index (χ0n) is 21.9. The van der Waals surface area contributed by atoms with Crippen LogP contribution in [-0.4, -0.2) is 43.0 Å². The second kappa shape index (κ2) is 21.8. The molecule has 0 aromatic rings. The zero-order valence-corrected chi connectivity index (χ0v) is 22.7. The van der Waals surface area contributed by atoms with Crippen molar-refractivity contribution in [3.8, 4) is 0 Å². The predicted octanol–water partition coefficient (Wildman–Crippen LogP) is 7.47. The van der Waals surface area contributed by atoms with E-state index in [1.165, 1.54) is 19.3 Å². The molecule has 1 amide bonds. The molecule has 0 saturated carbocycles. The number of carbonyl (C=O) groups is 1. The molecule has 0 aliphatic carbocycles. The molecule has 0 rings (SSSR count). The van der Waals surface area contributed by atoms with Crippen molar-refractivity contribution in [3.63, 3.8) is 0 Å². The number of nitrogens with zero attached hydrogens (tertiary/aromatic N) is 1. The Hall–Kier alpha value is -0.660. The van der Waals surface area contributed by atoms with Gasteiger partial charge in [-0.1, -0.05) is 104 Å². The second-order valence-electron chi connectivity index (χ2n) is 9.45. The van der Waals surface area contributed by atoms with Crippen LogP contribution in [0.1, 0.15) is 143 Å². The van der Waals surface area contributed by atoms with Crippen molar-refractivity contribution in [2.75, 3.05) is 13.1 Å². The Bertz CT molecular complexity index is 545. The molecule has 198 valence electrons. The zero-order chi connectivity index (χ0) is 24.8. The van der Waals surface area contributed by atoms with Crippen molar-refractivity contribution >= 4 is 16.3 Å². The summed E-state index contributed by atoms with van der Waals surface area (Å²) in [6.07, 6.45) is 19.1. The van der Waals surface area contributed by atoms with Crippen LogP contribution in [0.4, 0.5) is 0 Å². The first-order valence-corrected chi connectivity index (χ1v) is 15.1. The molecular weight excluding hydrogens is 438 g/mol. The molecule has 0 aromatic heterocycles. The summed E-state index contributed by atoms with van der Waals surface area (Å²) in [6.45, 7) is 8.29. The third-order valence-corrected chi connectivity index (χ3v) is 6.74. The van der Waals surface area contributed by atoms with Crippen LogP contribution in [0.25, 0.3) is 0 Å². The van der Waals surface area contributed by atoms with Crippen LogP contribution in [0.5, 0.6) is 0 Å². The molecule has 0 aliphatic heterocycles. The van der Waals surface area contributed by atoms with Gasteiger partial charge < -0.3 is 4.90 Å². The number of carbonyl (C=O) groups excluding carboxylic acids is 1. The normalized spacial score (nSPS) is 12.7. The lowest BCUT2D eigenvalue weighted by Gasteiger charge is -2.22. The Morgan fingerprint density at radius 3 is 1.58 bits per heavy atom. The van der Waals surface area contributed by atoms with Gasteiger partial charge in [-0.05, 0) is 32.1 Å². The summed E-state index contributed by atoms with van der Waals surface area (Å²) in [5, 5.41) is 0. The molecule has 0 saturated heterocycles. The lowest BCUT2D eigenvalue weighted by molar-refractivity contribution is -0.131. The van der Waals surface area contributed by atoms with Crippen LogP contribution >= 0.6 is 0 Å². The summed E-state index contributed by atoms with van der Waals surface area (Å²) in [7, 11) is -4.37. The Morgan fingerprint density at radius 2 is 1.12 bits per heavy atom. The Labute approximate surface area is 205 Å². The van der Waals surface area contributed by atoms with Crippen LogP contribution in [0, 0.1) is 0 Å². The van der Waals surface area contributed by atoms with Gasteiger partial charge in [0.25, 0.3) is 0 Å². The number of unbranched alkanes of at least 4 members (excludes halogenated alkanes) is 12. The Kier molecular flexibility index (Phi) is 21.4. The number of hydrogen-bond acceptors (Lipinski definition) is 4. The van der Waals surface area contributed by atoms with Gasteiger partial charge in [-0.25, -0.2) is 4.18 Å². The summed E-state index contributed by atoms with van der Waals surface area (Å²) < 4.78 is 36.0. The average Bonchev–Trinajstić information content (AvgIpc) is 2.76. The fraction of sp³-hybridized carbons (Fsp3) is 0.962. The van der Waals surface area contributed by atoms with E-state index < -0.39 is 16.5 Å². The number of hydrogen-bond donors (Lipinski definition) is 1. The standard InChI is InChI=1S/C26H53NO5S/c1-4-7-10-17-20-25(32-33(29,30)31)21-18-15-13-11-12-14-16-19-22-26(28)27(23-8-5-2)24-9-6-3/h25H,4-24H2,1-3H3,(H,29,30,31). The monoisotopic (exact) mass is 491 g/mol. The van der Waals surface area contributed by atoms with E-state index in [4.69, 9.17) is 8.74 Å². The van der Waals surface area contributed by atoms with Crippen molar-refractivity contribution < 1.29 is 21.9 Å². The average molecular weight is 492 g/mol. The van der Waals surface area contributed by atoms with Gasteiger partial charge in [0.15, 0.2) is 0 Å². The van der Waals surface area contributed by atoms with Gasteiger partial charge in [-0.3, -0.25) is 9.35 Å². The van der Waals surface area contributed by atoms with Gasteiger partial charge in [-0.2, -0.15) is 8.42 Å². The highest BCUT2D eigenvalue weighted by molar-refractivity contribution is 7.80. The molecule has 0 aromatic carbocycles. The summed E-state index contributed by atoms with van der Waals surface area (Å²) in [4.78, 5) is 14.5. The van der Waals surface area contributed by atoms with Gasteiger partial charge in [0.05, 0.1) is 6.10 Å². The summed E-state index contributed by atoms with van der Waals surface area (Å²) >= 11 is 0. The van der Waals surface area contributed by atoms with E-state index in [9.17, 15) is 13.2 Å². The van der Waals surface area contributed by atoms with E-state index in [1.54, 1.807) is 0 Å². The van der Waals surface area contributed by atoms with E-state index in [1.807, 2.05) is 0 Å². The summed E-state index contributed by atoms with van der Waals surface area (Å²) in [6, 6.07) is 0. The highest BCUT2D eigenvalue weighted by atomic mass is 32.3. The minimum Gasteiger partial charge on any atom is -0.343 e. The van der Waals surface area contributed by atoms with Crippen LogP contribution in [-0.2, 0) is 19.4 Å². The molecule has 0 aliphatic rings. The van der Waals surface area contributed by atoms with Crippen molar-refractivity contribution in [1.82, 2.24) is 4.90 Å². The molecule has 7 heteroatoms. The quantitative estimate of drug-likeness (QED) is 0.112. The van der Waals surface area contributed by atoms with Gasteiger partial charge in [0.1, 0.15) is 0 Å². The van der Waals surface area contributed by atoms with Crippen LogP contribution in [0.15, 0.2) is 0 Å². The fourth-order valence-corrected chi connectivity index (χ4v) is 4.67. The van der Waals surface area contributed by atoms with Crippen LogP contribution in [0.3, 0.4) is 0 Å². The van der Waals surface area contributed by atoms with E-state index in [0.29, 0.717) is 25.2 Å². The topological polar surface area (TPSA) is 83.9 Å². The molecular formula is C26H53NO5S. The summed E-state index contributed by atoms with van der Waals surface area (Å²) in [5.41, 5.74) is 0. The molecule has 1 N–H and O–H groups in total. The van der Waals surface area contributed by atoms with E-state index in [-0.39, 0.29) is 0 Å². The van der Waals surface area contributed by atoms with E-state index >= 15 is 0 Å². The molecule has 6 nitrogen and oxygen atoms in total. The number of amides is 1.